The van der Waals surface area contributed by atoms with Crippen LogP contribution in [-0.2, 0) is 32.9 Å². The SMILES string of the molecule is COCO[C@H]1CC[C@]2(C)[C@H](CC3CC(=O)[C@@](C)(O[Si](C)(C)C(C)(C)C)C([C@H]4OC(C)(C)O[C@@H]42)C3(C)C)C12CO2. The maximum atomic E-state index is 14.4. The number of hydrogen-bond acceptors (Lipinski definition) is 7. The average Bonchev–Trinajstić information content (AvgIpc) is 3.49. The van der Waals surface area contributed by atoms with Crippen molar-refractivity contribution >= 4 is 14.1 Å². The summed E-state index contributed by atoms with van der Waals surface area (Å²) in [7, 11) is -0.622. The smallest absolute Gasteiger partial charge is 0.193 e. The summed E-state index contributed by atoms with van der Waals surface area (Å²) in [4.78, 5) is 14.4. The predicted octanol–water partition coefficient (Wildman–Crippen LogP) is 6.10. The van der Waals surface area contributed by atoms with Crippen molar-refractivity contribution in [1.29, 1.82) is 0 Å². The van der Waals surface area contributed by atoms with Crippen molar-refractivity contribution in [1.82, 2.24) is 0 Å². The van der Waals surface area contributed by atoms with Gasteiger partial charge in [-0.3, -0.25) is 4.79 Å². The lowest BCUT2D eigenvalue weighted by Gasteiger charge is -2.63. The van der Waals surface area contributed by atoms with Crippen LogP contribution in [0.2, 0.25) is 18.1 Å². The highest BCUT2D eigenvalue weighted by atomic mass is 28.4. The van der Waals surface area contributed by atoms with Gasteiger partial charge in [0, 0.05) is 30.8 Å². The number of carbonyl (C=O) groups excluding carboxylic acids is 1. The van der Waals surface area contributed by atoms with Crippen LogP contribution in [0.4, 0.5) is 0 Å². The Kier molecular flexibility index (Phi) is 7.01. The van der Waals surface area contributed by atoms with Crippen LogP contribution in [0.3, 0.4) is 0 Å². The van der Waals surface area contributed by atoms with Gasteiger partial charge >= 0.3 is 0 Å². The third-order valence-corrected chi connectivity index (χ3v) is 16.6. The molecule has 1 spiro atoms. The molecule has 39 heavy (non-hydrogen) atoms. The molecule has 0 aromatic rings. The molecule has 5 aliphatic rings. The topological polar surface area (TPSA) is 75.8 Å². The summed E-state index contributed by atoms with van der Waals surface area (Å²) >= 11 is 0. The largest absolute Gasteiger partial charge is 0.404 e. The molecular weight excluding hydrogens is 512 g/mol. The minimum absolute atomic E-state index is 0.0159. The number of Topliss-reactive ketones (excluding diaryl/α,β-unsaturated/α-hetero) is 1. The number of hydrogen-bond donors (Lipinski definition) is 0. The van der Waals surface area contributed by atoms with Gasteiger partial charge in [0.05, 0.1) is 24.9 Å². The van der Waals surface area contributed by atoms with Gasteiger partial charge in [-0.25, -0.2) is 0 Å². The molecule has 0 aromatic carbocycles. The maximum absolute atomic E-state index is 14.4. The molecule has 5 fully saturated rings. The molecule has 2 saturated heterocycles. The van der Waals surface area contributed by atoms with Gasteiger partial charge < -0.3 is 28.1 Å². The minimum atomic E-state index is -2.29. The number of ether oxygens (including phenoxy) is 5. The summed E-state index contributed by atoms with van der Waals surface area (Å²) in [6, 6.07) is 0. The summed E-state index contributed by atoms with van der Waals surface area (Å²) in [5.74, 6) is -0.294. The molecule has 0 radical (unpaired) electrons. The zero-order valence-electron chi connectivity index (χ0n) is 26.6. The summed E-state index contributed by atoms with van der Waals surface area (Å²) in [6.07, 6.45) is 2.79. The van der Waals surface area contributed by atoms with Crippen LogP contribution in [0.1, 0.15) is 88.0 Å². The number of carbonyl (C=O) groups is 1. The molecule has 0 N–H and O–H groups in total. The van der Waals surface area contributed by atoms with Crippen LogP contribution in [0, 0.1) is 28.6 Å². The molecular formula is C31H54O7Si. The zero-order chi connectivity index (χ0) is 29.0. The van der Waals surface area contributed by atoms with Gasteiger partial charge in [-0.05, 0) is 69.5 Å². The van der Waals surface area contributed by atoms with Crippen LogP contribution in [0.25, 0.3) is 0 Å². The number of methoxy groups -OCH3 is 1. The Morgan fingerprint density at radius 2 is 1.69 bits per heavy atom. The monoisotopic (exact) mass is 566 g/mol. The van der Waals surface area contributed by atoms with Crippen molar-refractivity contribution in [2.45, 2.75) is 141 Å². The number of rotatable bonds is 5. The second-order valence-corrected chi connectivity index (χ2v) is 21.0. The zero-order valence-corrected chi connectivity index (χ0v) is 27.6. The first kappa shape index (κ1) is 30.1. The molecule has 3 aliphatic carbocycles. The van der Waals surface area contributed by atoms with Gasteiger partial charge in [0.2, 0.25) is 0 Å². The fraction of sp³-hybridized carbons (Fsp3) is 0.968. The molecule has 7 nitrogen and oxygen atoms in total. The van der Waals surface area contributed by atoms with E-state index in [0.717, 1.165) is 19.3 Å². The Bertz CT molecular complexity index is 982. The van der Waals surface area contributed by atoms with E-state index in [2.05, 4.69) is 61.6 Å². The second kappa shape index (κ2) is 9.07. The summed E-state index contributed by atoms with van der Waals surface area (Å²) in [6.45, 7) is 25.4. The highest BCUT2D eigenvalue weighted by Gasteiger charge is 2.74. The maximum Gasteiger partial charge on any atom is 0.193 e. The molecule has 8 heteroatoms. The van der Waals surface area contributed by atoms with Gasteiger partial charge in [0.1, 0.15) is 18.0 Å². The van der Waals surface area contributed by atoms with E-state index in [1.54, 1.807) is 7.11 Å². The average molecular weight is 567 g/mol. The Balaban J connectivity index is 1.63. The third-order valence-electron chi connectivity index (χ3n) is 12.1. The van der Waals surface area contributed by atoms with Crippen LogP contribution in [0.5, 0.6) is 0 Å². The van der Waals surface area contributed by atoms with E-state index in [1.807, 2.05) is 13.8 Å². The quantitative estimate of drug-likeness (QED) is 0.226. The van der Waals surface area contributed by atoms with Gasteiger partial charge in [0.15, 0.2) is 19.9 Å². The fourth-order valence-corrected chi connectivity index (χ4v) is 10.5. The molecule has 0 amide bonds. The Hall–Kier alpha value is -0.353. The van der Waals surface area contributed by atoms with Gasteiger partial charge in [-0.1, -0.05) is 41.5 Å². The van der Waals surface area contributed by atoms with Crippen molar-refractivity contribution in [2.75, 3.05) is 20.5 Å². The first-order valence-electron chi connectivity index (χ1n) is 15.1. The van der Waals surface area contributed by atoms with E-state index in [4.69, 9.17) is 28.1 Å². The summed E-state index contributed by atoms with van der Waals surface area (Å²) in [5.41, 5.74) is -1.70. The molecule has 3 saturated carbocycles. The Morgan fingerprint density at radius 1 is 1.05 bits per heavy atom. The van der Waals surface area contributed by atoms with Crippen LogP contribution >= 0.6 is 0 Å². The second-order valence-electron chi connectivity index (χ2n) is 16.3. The van der Waals surface area contributed by atoms with Crippen LogP contribution < -0.4 is 0 Å². The normalized spacial score (nSPS) is 46.8. The van der Waals surface area contributed by atoms with Crippen molar-refractivity contribution in [2.24, 2.45) is 28.6 Å². The first-order chi connectivity index (χ1) is 17.8. The van der Waals surface area contributed by atoms with Crippen molar-refractivity contribution in [3.8, 4) is 0 Å². The minimum Gasteiger partial charge on any atom is -0.404 e. The van der Waals surface area contributed by atoms with E-state index < -0.39 is 19.7 Å². The van der Waals surface area contributed by atoms with Crippen molar-refractivity contribution < 1.29 is 32.9 Å². The van der Waals surface area contributed by atoms with E-state index in [1.165, 1.54) is 0 Å². The first-order valence-corrected chi connectivity index (χ1v) is 18.0. The highest BCUT2D eigenvalue weighted by molar-refractivity contribution is 6.74. The number of fused-ring (bicyclic) bond motifs is 7. The predicted molar refractivity (Wildman–Crippen MR) is 152 cm³/mol. The van der Waals surface area contributed by atoms with E-state index in [9.17, 15) is 4.79 Å². The van der Waals surface area contributed by atoms with Crippen LogP contribution in [0.15, 0.2) is 0 Å². The van der Waals surface area contributed by atoms with Gasteiger partial charge in [-0.2, -0.15) is 0 Å². The van der Waals surface area contributed by atoms with E-state index >= 15 is 0 Å². The van der Waals surface area contributed by atoms with E-state index in [0.29, 0.717) is 13.0 Å². The number of epoxide rings is 1. The Labute approximate surface area is 237 Å². The molecule has 3 unspecified atom stereocenters. The van der Waals surface area contributed by atoms with Gasteiger partial charge in [-0.15, -0.1) is 0 Å². The molecule has 2 aliphatic heterocycles. The molecule has 2 heterocycles. The van der Waals surface area contributed by atoms with Crippen LogP contribution in [-0.4, -0.2) is 69.9 Å². The molecule has 9 atom stereocenters. The van der Waals surface area contributed by atoms with E-state index in [-0.39, 0.29) is 70.1 Å². The Morgan fingerprint density at radius 3 is 2.26 bits per heavy atom. The van der Waals surface area contributed by atoms with Crippen molar-refractivity contribution in [3.05, 3.63) is 0 Å². The standard InChI is InChI=1S/C31H54O7Si/c1-26(2,3)39(11,12)38-30(9)21(32)16-19-15-20-29(8,14-13-22(34-18-33-10)31(20)17-35-31)25-23(24(30)27(19,4)5)36-28(6,7)37-25/h19-20,22-25H,13-18H2,1-12H3/t19?,20-,22-,23+,24?,25-,29+,30+,31?/m0/s1. The van der Waals surface area contributed by atoms with Gasteiger partial charge in [0.25, 0.3) is 0 Å². The molecule has 5 rings (SSSR count). The molecule has 2 bridgehead atoms. The number of ketones is 1. The van der Waals surface area contributed by atoms with Crippen molar-refractivity contribution in [3.63, 3.8) is 0 Å². The molecule has 0 aromatic heterocycles. The summed E-state index contributed by atoms with van der Waals surface area (Å²) in [5, 5.41) is -0.0159. The lowest BCUT2D eigenvalue weighted by atomic mass is 9.45. The highest BCUT2D eigenvalue weighted by Crippen LogP contribution is 2.67. The fourth-order valence-electron chi connectivity index (χ4n) is 8.88. The summed E-state index contributed by atoms with van der Waals surface area (Å²) < 4.78 is 38.9. The lowest BCUT2D eigenvalue weighted by molar-refractivity contribution is -0.212. The molecule has 224 valence electrons. The third kappa shape index (κ3) is 4.45. The lowest BCUT2D eigenvalue weighted by Crippen LogP contribution is -2.70.